The molecule has 2 heterocycles. The molecule has 2 aromatic rings. The lowest BCUT2D eigenvalue weighted by atomic mass is 10.0. The van der Waals surface area contributed by atoms with Crippen LogP contribution in [0.15, 0.2) is 48.7 Å². The molecular weight excluding hydrogens is 338 g/mol. The third-order valence-electron chi connectivity index (χ3n) is 4.71. The Morgan fingerprint density at radius 2 is 2.04 bits per heavy atom. The summed E-state index contributed by atoms with van der Waals surface area (Å²) in [6.45, 7) is 7.68. The van der Waals surface area contributed by atoms with Crippen molar-refractivity contribution in [1.82, 2.24) is 15.2 Å². The summed E-state index contributed by atoms with van der Waals surface area (Å²) < 4.78 is 5.73. The van der Waals surface area contributed by atoms with Crippen LogP contribution < -0.4 is 10.1 Å². The van der Waals surface area contributed by atoms with Crippen molar-refractivity contribution in [3.63, 3.8) is 0 Å². The molecule has 5 nitrogen and oxygen atoms in total. The summed E-state index contributed by atoms with van der Waals surface area (Å²) in [6.07, 6.45) is 3.76. The van der Waals surface area contributed by atoms with E-state index in [0.717, 1.165) is 43.9 Å². The molecule has 0 atom stereocenters. The number of likely N-dealkylation sites (tertiary alicyclic amines) is 1. The smallest absolute Gasteiger partial charge is 0.251 e. The lowest BCUT2D eigenvalue weighted by molar-refractivity contribution is 0.0908. The van der Waals surface area contributed by atoms with Gasteiger partial charge in [-0.05, 0) is 49.1 Å². The minimum Gasteiger partial charge on any atom is -0.493 e. The number of pyridine rings is 1. The number of piperidine rings is 1. The molecule has 1 saturated heterocycles. The highest BCUT2D eigenvalue weighted by atomic mass is 16.5. The minimum absolute atomic E-state index is 0.0202. The standard InChI is InChI=1S/C22H29N3O2/c1-17(2)16-27-21-8-5-6-18(14-21)22(26)24-19-9-12-25(13-10-19)15-20-7-3-4-11-23-20/h3-8,11,14,17,19H,9-10,12-13,15-16H2,1-2H3,(H,24,26). The molecule has 0 unspecified atom stereocenters. The van der Waals surface area contributed by atoms with Gasteiger partial charge in [-0.1, -0.05) is 26.0 Å². The maximum absolute atomic E-state index is 12.6. The largest absolute Gasteiger partial charge is 0.493 e. The number of nitrogens with one attached hydrogen (secondary N) is 1. The number of rotatable bonds is 7. The van der Waals surface area contributed by atoms with Crippen LogP contribution in [0.2, 0.25) is 0 Å². The topological polar surface area (TPSA) is 54.5 Å². The Bertz CT molecular complexity index is 725. The van der Waals surface area contributed by atoms with Crippen LogP contribution in [0, 0.1) is 5.92 Å². The highest BCUT2D eigenvalue weighted by Crippen LogP contribution is 2.17. The first-order valence-corrected chi connectivity index (χ1v) is 9.76. The zero-order chi connectivity index (χ0) is 19.1. The van der Waals surface area contributed by atoms with E-state index in [4.69, 9.17) is 4.74 Å². The monoisotopic (exact) mass is 367 g/mol. The molecule has 3 rings (SSSR count). The Morgan fingerprint density at radius 3 is 2.74 bits per heavy atom. The van der Waals surface area contributed by atoms with Gasteiger partial charge in [-0.25, -0.2) is 0 Å². The number of aromatic nitrogens is 1. The summed E-state index contributed by atoms with van der Waals surface area (Å²) in [7, 11) is 0. The molecule has 1 N–H and O–H groups in total. The summed E-state index contributed by atoms with van der Waals surface area (Å²) in [6, 6.07) is 13.7. The highest BCUT2D eigenvalue weighted by Gasteiger charge is 2.21. The number of benzene rings is 1. The van der Waals surface area contributed by atoms with Crippen molar-refractivity contribution in [2.45, 2.75) is 39.3 Å². The van der Waals surface area contributed by atoms with Gasteiger partial charge in [0.15, 0.2) is 0 Å². The van der Waals surface area contributed by atoms with Crippen LogP contribution in [-0.4, -0.2) is 41.5 Å². The number of carbonyl (C=O) groups excluding carboxylic acids is 1. The van der Waals surface area contributed by atoms with Crippen molar-refractivity contribution in [2.24, 2.45) is 5.92 Å². The van der Waals surface area contributed by atoms with E-state index < -0.39 is 0 Å². The molecular formula is C22H29N3O2. The molecule has 1 fully saturated rings. The highest BCUT2D eigenvalue weighted by molar-refractivity contribution is 5.94. The fourth-order valence-corrected chi connectivity index (χ4v) is 3.21. The molecule has 27 heavy (non-hydrogen) atoms. The third kappa shape index (κ3) is 6.07. The zero-order valence-corrected chi connectivity index (χ0v) is 16.2. The van der Waals surface area contributed by atoms with Gasteiger partial charge in [-0.3, -0.25) is 14.7 Å². The second-order valence-electron chi connectivity index (χ2n) is 7.58. The van der Waals surface area contributed by atoms with Crippen molar-refractivity contribution in [3.05, 3.63) is 59.9 Å². The molecule has 1 aliphatic heterocycles. The van der Waals surface area contributed by atoms with Gasteiger partial charge in [0.25, 0.3) is 5.91 Å². The summed E-state index contributed by atoms with van der Waals surface area (Å²) >= 11 is 0. The number of amides is 1. The molecule has 0 aliphatic carbocycles. The van der Waals surface area contributed by atoms with E-state index in [0.29, 0.717) is 18.1 Å². The van der Waals surface area contributed by atoms with Crippen LogP contribution in [0.3, 0.4) is 0 Å². The van der Waals surface area contributed by atoms with Crippen molar-refractivity contribution in [2.75, 3.05) is 19.7 Å². The molecule has 0 bridgehead atoms. The van der Waals surface area contributed by atoms with Gasteiger partial charge < -0.3 is 10.1 Å². The van der Waals surface area contributed by atoms with Crippen LogP contribution in [-0.2, 0) is 6.54 Å². The number of nitrogens with zero attached hydrogens (tertiary/aromatic N) is 2. The molecule has 1 aromatic heterocycles. The average Bonchev–Trinajstić information content (AvgIpc) is 2.69. The summed E-state index contributed by atoms with van der Waals surface area (Å²) in [4.78, 5) is 19.4. The first kappa shape index (κ1) is 19.4. The van der Waals surface area contributed by atoms with E-state index in [1.165, 1.54) is 0 Å². The Morgan fingerprint density at radius 1 is 1.22 bits per heavy atom. The van der Waals surface area contributed by atoms with Crippen LogP contribution in [0.4, 0.5) is 0 Å². The predicted molar refractivity (Wildman–Crippen MR) is 107 cm³/mol. The van der Waals surface area contributed by atoms with Crippen LogP contribution in [0.5, 0.6) is 5.75 Å². The van der Waals surface area contributed by atoms with Crippen molar-refractivity contribution < 1.29 is 9.53 Å². The fourth-order valence-electron chi connectivity index (χ4n) is 3.21. The van der Waals surface area contributed by atoms with E-state index in [1.807, 2.05) is 42.6 Å². The van der Waals surface area contributed by atoms with Gasteiger partial charge in [0.1, 0.15) is 5.75 Å². The molecule has 0 spiro atoms. The predicted octanol–water partition coefficient (Wildman–Crippen LogP) is 3.51. The van der Waals surface area contributed by atoms with Gasteiger partial charge in [0.2, 0.25) is 0 Å². The number of hydrogen-bond acceptors (Lipinski definition) is 4. The number of hydrogen-bond donors (Lipinski definition) is 1. The maximum atomic E-state index is 12.6. The number of carbonyl (C=O) groups is 1. The first-order valence-electron chi connectivity index (χ1n) is 9.76. The van der Waals surface area contributed by atoms with Crippen LogP contribution in [0.25, 0.3) is 0 Å². The molecule has 0 radical (unpaired) electrons. The van der Waals surface area contributed by atoms with Crippen LogP contribution in [0.1, 0.15) is 42.7 Å². The quantitative estimate of drug-likeness (QED) is 0.814. The van der Waals surface area contributed by atoms with Crippen molar-refractivity contribution in [3.8, 4) is 5.75 Å². The zero-order valence-electron chi connectivity index (χ0n) is 16.2. The average molecular weight is 367 g/mol. The molecule has 5 heteroatoms. The maximum Gasteiger partial charge on any atom is 0.251 e. The minimum atomic E-state index is -0.0202. The normalized spacial score (nSPS) is 15.7. The van der Waals surface area contributed by atoms with Crippen molar-refractivity contribution >= 4 is 5.91 Å². The summed E-state index contributed by atoms with van der Waals surface area (Å²) in [5, 5.41) is 3.17. The van der Waals surface area contributed by atoms with E-state index in [2.05, 4.69) is 35.1 Å². The van der Waals surface area contributed by atoms with Gasteiger partial charge in [0, 0.05) is 37.4 Å². The first-order chi connectivity index (χ1) is 13.1. The molecule has 1 aromatic carbocycles. The lowest BCUT2D eigenvalue weighted by Crippen LogP contribution is -2.44. The Balaban J connectivity index is 1.47. The number of ether oxygens (including phenoxy) is 1. The van der Waals surface area contributed by atoms with Gasteiger partial charge in [0.05, 0.1) is 12.3 Å². The Kier molecular flexibility index (Phi) is 6.82. The Labute approximate surface area is 161 Å². The lowest BCUT2D eigenvalue weighted by Gasteiger charge is -2.32. The Hall–Kier alpha value is -2.40. The summed E-state index contributed by atoms with van der Waals surface area (Å²) in [5.74, 6) is 1.19. The van der Waals surface area contributed by atoms with E-state index in [-0.39, 0.29) is 11.9 Å². The molecule has 1 amide bonds. The SMILES string of the molecule is CC(C)COc1cccc(C(=O)NC2CCN(Cc3ccccn3)CC2)c1. The summed E-state index contributed by atoms with van der Waals surface area (Å²) in [5.41, 5.74) is 1.75. The molecule has 144 valence electrons. The fraction of sp³-hybridized carbons (Fsp3) is 0.455. The van der Waals surface area contributed by atoms with E-state index in [9.17, 15) is 4.79 Å². The van der Waals surface area contributed by atoms with Crippen molar-refractivity contribution in [1.29, 1.82) is 0 Å². The second-order valence-corrected chi connectivity index (χ2v) is 7.58. The molecule has 1 aliphatic rings. The van der Waals surface area contributed by atoms with Crippen LogP contribution >= 0.6 is 0 Å². The third-order valence-corrected chi connectivity index (χ3v) is 4.71. The van der Waals surface area contributed by atoms with E-state index >= 15 is 0 Å². The van der Waals surface area contributed by atoms with Gasteiger partial charge in [-0.15, -0.1) is 0 Å². The molecule has 0 saturated carbocycles. The van der Waals surface area contributed by atoms with Gasteiger partial charge in [-0.2, -0.15) is 0 Å². The second kappa shape index (κ2) is 9.51. The van der Waals surface area contributed by atoms with E-state index in [1.54, 1.807) is 0 Å². The van der Waals surface area contributed by atoms with Gasteiger partial charge >= 0.3 is 0 Å².